The zero-order valence-electron chi connectivity index (χ0n) is 13.0. The Kier molecular flexibility index (Phi) is 4.17. The molecule has 0 unspecified atom stereocenters. The number of aromatic amines is 1. The lowest BCUT2D eigenvalue weighted by Gasteiger charge is -2.30. The van der Waals surface area contributed by atoms with Crippen LogP contribution in [-0.2, 0) is 6.42 Å². The second-order valence-electron chi connectivity index (χ2n) is 6.07. The number of nitrogens with zero attached hydrogens (tertiary/aromatic N) is 1. The van der Waals surface area contributed by atoms with Crippen molar-refractivity contribution in [3.63, 3.8) is 0 Å². The first-order valence-electron chi connectivity index (χ1n) is 7.80. The Morgan fingerprint density at radius 3 is 2.81 bits per heavy atom. The van der Waals surface area contributed by atoms with E-state index in [1.165, 1.54) is 22.2 Å². The lowest BCUT2D eigenvalue weighted by molar-refractivity contribution is 0.215. The first-order valence-corrected chi connectivity index (χ1v) is 7.80. The predicted octanol–water partition coefficient (Wildman–Crippen LogP) is 2.45. The van der Waals surface area contributed by atoms with E-state index in [1.807, 2.05) is 6.07 Å². The van der Waals surface area contributed by atoms with Crippen LogP contribution in [0.3, 0.4) is 0 Å². The maximum absolute atomic E-state index is 5.97. The molecule has 0 amide bonds. The molecule has 21 heavy (non-hydrogen) atoms. The van der Waals surface area contributed by atoms with E-state index >= 15 is 0 Å². The van der Waals surface area contributed by atoms with Gasteiger partial charge in [0.15, 0.2) is 0 Å². The van der Waals surface area contributed by atoms with Gasteiger partial charge in [-0.1, -0.05) is 0 Å². The van der Waals surface area contributed by atoms with E-state index in [0.29, 0.717) is 6.04 Å². The molecule has 1 aliphatic heterocycles. The van der Waals surface area contributed by atoms with Crippen molar-refractivity contribution in [2.75, 3.05) is 26.7 Å². The summed E-state index contributed by atoms with van der Waals surface area (Å²) < 4.78 is 5.35. The molecule has 0 saturated carbocycles. The number of hydrogen-bond acceptors (Lipinski definition) is 3. The summed E-state index contributed by atoms with van der Waals surface area (Å²) in [5.41, 5.74) is 9.86. The molecule has 4 heteroatoms. The third-order valence-corrected chi connectivity index (χ3v) is 4.64. The number of benzene rings is 1. The Hall–Kier alpha value is -1.52. The van der Waals surface area contributed by atoms with Crippen LogP contribution in [0.2, 0.25) is 0 Å². The topological polar surface area (TPSA) is 54.3 Å². The largest absolute Gasteiger partial charge is 0.497 e. The van der Waals surface area contributed by atoms with Crippen molar-refractivity contribution in [1.82, 2.24) is 9.88 Å². The molecule has 0 bridgehead atoms. The number of methoxy groups -OCH3 is 1. The standard InChI is InChI=1S/C17H25N3O/c1-12-15(7-10-20-8-5-13(18)6-9-20)16-11-14(21-2)3-4-17(16)19-12/h3-4,11,13,19H,5-10,18H2,1-2H3. The van der Waals surface area contributed by atoms with Gasteiger partial charge in [0, 0.05) is 29.2 Å². The summed E-state index contributed by atoms with van der Waals surface area (Å²) in [6.45, 7) is 5.53. The average Bonchev–Trinajstić information content (AvgIpc) is 2.81. The van der Waals surface area contributed by atoms with Crippen molar-refractivity contribution in [3.8, 4) is 5.75 Å². The summed E-state index contributed by atoms with van der Waals surface area (Å²) >= 11 is 0. The number of nitrogens with two attached hydrogens (primary N) is 1. The zero-order valence-corrected chi connectivity index (χ0v) is 13.0. The molecular weight excluding hydrogens is 262 g/mol. The molecule has 3 N–H and O–H groups in total. The lowest BCUT2D eigenvalue weighted by atomic mass is 10.0. The molecule has 0 aliphatic carbocycles. The fourth-order valence-corrected chi connectivity index (χ4v) is 3.26. The van der Waals surface area contributed by atoms with Crippen molar-refractivity contribution in [2.24, 2.45) is 5.73 Å². The average molecular weight is 287 g/mol. The second kappa shape index (κ2) is 6.08. The third-order valence-electron chi connectivity index (χ3n) is 4.64. The highest BCUT2D eigenvalue weighted by Crippen LogP contribution is 2.27. The maximum Gasteiger partial charge on any atom is 0.119 e. The van der Waals surface area contributed by atoms with Crippen LogP contribution >= 0.6 is 0 Å². The van der Waals surface area contributed by atoms with E-state index in [1.54, 1.807) is 7.11 Å². The van der Waals surface area contributed by atoms with Crippen molar-refractivity contribution in [3.05, 3.63) is 29.5 Å². The van der Waals surface area contributed by atoms with Gasteiger partial charge in [0.05, 0.1) is 7.11 Å². The van der Waals surface area contributed by atoms with E-state index in [9.17, 15) is 0 Å². The minimum Gasteiger partial charge on any atom is -0.497 e. The highest BCUT2D eigenvalue weighted by atomic mass is 16.5. The normalized spacial score (nSPS) is 17.5. The van der Waals surface area contributed by atoms with Gasteiger partial charge in [-0.3, -0.25) is 0 Å². The fourth-order valence-electron chi connectivity index (χ4n) is 3.26. The number of rotatable bonds is 4. The van der Waals surface area contributed by atoms with Gasteiger partial charge < -0.3 is 20.4 Å². The number of likely N-dealkylation sites (tertiary alicyclic amines) is 1. The quantitative estimate of drug-likeness (QED) is 0.908. The first kappa shape index (κ1) is 14.4. The second-order valence-corrected chi connectivity index (χ2v) is 6.07. The predicted molar refractivity (Wildman–Crippen MR) is 86.9 cm³/mol. The van der Waals surface area contributed by atoms with Crippen LogP contribution in [0.15, 0.2) is 18.2 Å². The van der Waals surface area contributed by atoms with Gasteiger partial charge >= 0.3 is 0 Å². The van der Waals surface area contributed by atoms with Crippen LogP contribution in [0.25, 0.3) is 10.9 Å². The third kappa shape index (κ3) is 3.06. The van der Waals surface area contributed by atoms with Gasteiger partial charge in [0.25, 0.3) is 0 Å². The molecule has 0 radical (unpaired) electrons. The number of H-pyrrole nitrogens is 1. The van der Waals surface area contributed by atoms with Gasteiger partial charge in [0.1, 0.15) is 5.75 Å². The number of fused-ring (bicyclic) bond motifs is 1. The highest BCUT2D eigenvalue weighted by molar-refractivity contribution is 5.86. The summed E-state index contributed by atoms with van der Waals surface area (Å²) in [4.78, 5) is 6.01. The number of hydrogen-bond donors (Lipinski definition) is 2. The molecule has 1 aromatic carbocycles. The van der Waals surface area contributed by atoms with Gasteiger partial charge in [0.2, 0.25) is 0 Å². The molecule has 1 aliphatic rings. The molecule has 2 aromatic rings. The van der Waals surface area contributed by atoms with E-state index in [-0.39, 0.29) is 0 Å². The Morgan fingerprint density at radius 1 is 1.33 bits per heavy atom. The van der Waals surface area contributed by atoms with Gasteiger partial charge in [-0.2, -0.15) is 0 Å². The minimum absolute atomic E-state index is 0.403. The molecule has 1 aromatic heterocycles. The van der Waals surface area contributed by atoms with Crippen LogP contribution in [0.1, 0.15) is 24.1 Å². The Morgan fingerprint density at radius 2 is 2.10 bits per heavy atom. The van der Waals surface area contributed by atoms with Crippen molar-refractivity contribution in [2.45, 2.75) is 32.2 Å². The van der Waals surface area contributed by atoms with Crippen LogP contribution in [-0.4, -0.2) is 42.7 Å². The SMILES string of the molecule is COc1ccc2[nH]c(C)c(CCN3CCC(N)CC3)c2c1. The summed E-state index contributed by atoms with van der Waals surface area (Å²) in [6, 6.07) is 6.65. The molecule has 4 nitrogen and oxygen atoms in total. The zero-order chi connectivity index (χ0) is 14.8. The van der Waals surface area contributed by atoms with E-state index in [0.717, 1.165) is 44.6 Å². The molecule has 1 saturated heterocycles. The number of ether oxygens (including phenoxy) is 1. The van der Waals surface area contributed by atoms with Gasteiger partial charge in [-0.25, -0.2) is 0 Å². The summed E-state index contributed by atoms with van der Waals surface area (Å²) in [7, 11) is 1.72. The van der Waals surface area contributed by atoms with E-state index in [2.05, 4.69) is 28.9 Å². The Balaban J connectivity index is 1.75. The fraction of sp³-hybridized carbons (Fsp3) is 0.529. The number of aryl methyl sites for hydroxylation is 1. The number of nitrogens with one attached hydrogen (secondary N) is 1. The minimum atomic E-state index is 0.403. The van der Waals surface area contributed by atoms with E-state index in [4.69, 9.17) is 10.5 Å². The lowest BCUT2D eigenvalue weighted by Crippen LogP contribution is -2.40. The van der Waals surface area contributed by atoms with Crippen molar-refractivity contribution >= 4 is 10.9 Å². The molecule has 3 rings (SSSR count). The van der Waals surface area contributed by atoms with Crippen LogP contribution in [0, 0.1) is 6.92 Å². The molecule has 114 valence electrons. The summed E-state index contributed by atoms with van der Waals surface area (Å²) in [5, 5.41) is 1.29. The molecule has 2 heterocycles. The summed E-state index contributed by atoms with van der Waals surface area (Å²) in [5.74, 6) is 0.923. The number of aromatic nitrogens is 1. The number of piperidine rings is 1. The van der Waals surface area contributed by atoms with Crippen molar-refractivity contribution < 1.29 is 4.74 Å². The molecule has 1 fully saturated rings. The molecular formula is C17H25N3O. The van der Waals surface area contributed by atoms with Crippen LogP contribution in [0.4, 0.5) is 0 Å². The molecule has 0 spiro atoms. The maximum atomic E-state index is 5.97. The first-order chi connectivity index (χ1) is 10.2. The molecule has 0 atom stereocenters. The van der Waals surface area contributed by atoms with Gasteiger partial charge in [-0.15, -0.1) is 0 Å². The van der Waals surface area contributed by atoms with Crippen LogP contribution < -0.4 is 10.5 Å². The van der Waals surface area contributed by atoms with Gasteiger partial charge in [-0.05, 0) is 63.0 Å². The van der Waals surface area contributed by atoms with Crippen molar-refractivity contribution in [1.29, 1.82) is 0 Å². The Labute approximate surface area is 126 Å². The van der Waals surface area contributed by atoms with Crippen LogP contribution in [0.5, 0.6) is 5.75 Å². The smallest absolute Gasteiger partial charge is 0.119 e. The highest BCUT2D eigenvalue weighted by Gasteiger charge is 2.17. The Bertz CT molecular complexity index is 612. The van der Waals surface area contributed by atoms with E-state index < -0.39 is 0 Å². The monoisotopic (exact) mass is 287 g/mol. The summed E-state index contributed by atoms with van der Waals surface area (Å²) in [6.07, 6.45) is 3.33.